The fraction of sp³-hybridized carbons (Fsp3) is 0.368. The van der Waals surface area contributed by atoms with Crippen LogP contribution in [0.25, 0.3) is 10.9 Å². The van der Waals surface area contributed by atoms with Crippen molar-refractivity contribution in [1.29, 1.82) is 0 Å². The van der Waals surface area contributed by atoms with Crippen LogP contribution in [0, 0.1) is 0 Å². The van der Waals surface area contributed by atoms with E-state index in [4.69, 9.17) is 9.72 Å². The van der Waals surface area contributed by atoms with Crippen LogP contribution in [-0.2, 0) is 25.4 Å². The zero-order valence-electron chi connectivity index (χ0n) is 14.6. The summed E-state index contributed by atoms with van der Waals surface area (Å²) in [4.78, 5) is 19.7. The minimum Gasteiger partial charge on any atom is -0.378 e. The zero-order valence-corrected chi connectivity index (χ0v) is 14.6. The first-order valence-electron chi connectivity index (χ1n) is 8.53. The average Bonchev–Trinajstić information content (AvgIpc) is 3.06. The van der Waals surface area contributed by atoms with Crippen LogP contribution >= 0.6 is 0 Å². The smallest absolute Gasteiger partial charge is 0.261 e. The Kier molecular flexibility index (Phi) is 4.15. The quantitative estimate of drug-likeness (QED) is 0.731. The molecule has 1 atom stereocenters. The number of para-hydroxylation sites is 1. The number of rotatable bonds is 3. The van der Waals surface area contributed by atoms with Crippen LogP contribution in [0.15, 0.2) is 47.4 Å². The molecule has 3 heterocycles. The topological polar surface area (TPSA) is 52.3 Å². The third kappa shape index (κ3) is 2.88. The van der Waals surface area contributed by atoms with Crippen LogP contribution in [0.4, 0.5) is 0 Å². The Morgan fingerprint density at radius 3 is 2.84 bits per heavy atom. The van der Waals surface area contributed by atoms with Crippen molar-refractivity contribution >= 4 is 10.9 Å². The van der Waals surface area contributed by atoms with E-state index < -0.39 is 0 Å². The van der Waals surface area contributed by atoms with Crippen molar-refractivity contribution in [2.45, 2.75) is 12.6 Å². The number of ether oxygens (including phenoxy) is 1. The van der Waals surface area contributed by atoms with Crippen molar-refractivity contribution in [3.05, 3.63) is 64.5 Å². The van der Waals surface area contributed by atoms with Crippen LogP contribution in [0.5, 0.6) is 0 Å². The highest BCUT2D eigenvalue weighted by Crippen LogP contribution is 2.25. The van der Waals surface area contributed by atoms with E-state index in [0.717, 1.165) is 17.9 Å². The monoisotopic (exact) mass is 338 g/mol. The number of benzene rings is 1. The van der Waals surface area contributed by atoms with Crippen molar-refractivity contribution in [3.8, 4) is 0 Å². The summed E-state index contributed by atoms with van der Waals surface area (Å²) in [5, 5.41) is 0.662. The standard InChI is InChI=1S/C19H22N4O2/c1-21-9-5-8-16(21)17-13-25-11-10-23(17)12-18-20-15-7-4-3-6-14(15)19(24)22(18)2/h3-9,17H,10-13H2,1-2H3/t17-/m1/s1. The second kappa shape index (κ2) is 6.46. The molecule has 6 nitrogen and oxygen atoms in total. The summed E-state index contributed by atoms with van der Waals surface area (Å²) in [5.41, 5.74) is 1.97. The molecular formula is C19H22N4O2. The lowest BCUT2D eigenvalue weighted by Gasteiger charge is -2.35. The van der Waals surface area contributed by atoms with Gasteiger partial charge < -0.3 is 9.30 Å². The molecular weight excluding hydrogens is 316 g/mol. The van der Waals surface area contributed by atoms with Crippen LogP contribution < -0.4 is 5.56 Å². The van der Waals surface area contributed by atoms with Crippen molar-refractivity contribution in [1.82, 2.24) is 19.0 Å². The highest BCUT2D eigenvalue weighted by atomic mass is 16.5. The molecule has 6 heteroatoms. The lowest BCUT2D eigenvalue weighted by Crippen LogP contribution is -2.41. The van der Waals surface area contributed by atoms with Gasteiger partial charge in [0.1, 0.15) is 5.82 Å². The fourth-order valence-electron chi connectivity index (χ4n) is 3.51. The Hall–Kier alpha value is -2.44. The molecule has 0 amide bonds. The van der Waals surface area contributed by atoms with E-state index in [0.29, 0.717) is 25.1 Å². The van der Waals surface area contributed by atoms with Gasteiger partial charge in [-0.2, -0.15) is 0 Å². The first kappa shape index (κ1) is 16.1. The molecule has 0 unspecified atom stereocenters. The van der Waals surface area contributed by atoms with Crippen molar-refractivity contribution in [2.24, 2.45) is 14.1 Å². The highest BCUT2D eigenvalue weighted by Gasteiger charge is 2.27. The maximum Gasteiger partial charge on any atom is 0.261 e. The predicted octanol–water partition coefficient (Wildman–Crippen LogP) is 1.85. The average molecular weight is 338 g/mol. The SMILES string of the molecule is Cn1cccc1[C@H]1COCCN1Cc1nc2ccccc2c(=O)n1C. The van der Waals surface area contributed by atoms with Gasteiger partial charge in [0, 0.05) is 32.5 Å². The van der Waals surface area contributed by atoms with E-state index in [1.54, 1.807) is 11.6 Å². The van der Waals surface area contributed by atoms with Gasteiger partial charge in [-0.05, 0) is 24.3 Å². The van der Waals surface area contributed by atoms with Gasteiger partial charge in [0.25, 0.3) is 5.56 Å². The molecule has 2 aromatic heterocycles. The van der Waals surface area contributed by atoms with Gasteiger partial charge in [0.05, 0.1) is 36.7 Å². The summed E-state index contributed by atoms with van der Waals surface area (Å²) >= 11 is 0. The molecule has 3 aromatic rings. The first-order chi connectivity index (χ1) is 12.1. The number of aromatic nitrogens is 3. The molecule has 130 valence electrons. The molecule has 1 saturated heterocycles. The maximum atomic E-state index is 12.6. The molecule has 1 aliphatic rings. The molecule has 0 aliphatic carbocycles. The second-order valence-corrected chi connectivity index (χ2v) is 6.51. The molecule has 0 saturated carbocycles. The Bertz CT molecular complexity index is 959. The predicted molar refractivity (Wildman–Crippen MR) is 96.4 cm³/mol. The van der Waals surface area contributed by atoms with Crippen LogP contribution in [0.2, 0.25) is 0 Å². The lowest BCUT2D eigenvalue weighted by atomic mass is 10.1. The Balaban J connectivity index is 1.71. The van der Waals surface area contributed by atoms with Gasteiger partial charge in [-0.15, -0.1) is 0 Å². The van der Waals surface area contributed by atoms with E-state index in [1.165, 1.54) is 5.69 Å². The molecule has 0 spiro atoms. The molecule has 1 aromatic carbocycles. The van der Waals surface area contributed by atoms with Gasteiger partial charge in [0.2, 0.25) is 0 Å². The van der Waals surface area contributed by atoms with Crippen molar-refractivity contribution < 1.29 is 4.74 Å². The fourth-order valence-corrected chi connectivity index (χ4v) is 3.51. The summed E-state index contributed by atoms with van der Waals surface area (Å²) in [5.74, 6) is 0.782. The molecule has 1 fully saturated rings. The van der Waals surface area contributed by atoms with Crippen LogP contribution in [-0.4, -0.2) is 38.8 Å². The molecule has 25 heavy (non-hydrogen) atoms. The summed E-state index contributed by atoms with van der Waals surface area (Å²) in [7, 11) is 3.85. The van der Waals surface area contributed by atoms with Crippen LogP contribution in [0.3, 0.4) is 0 Å². The Morgan fingerprint density at radius 1 is 1.20 bits per heavy atom. The lowest BCUT2D eigenvalue weighted by molar-refractivity contribution is -0.0167. The number of aryl methyl sites for hydroxylation is 1. The molecule has 0 N–H and O–H groups in total. The third-order valence-corrected chi connectivity index (χ3v) is 4.98. The minimum absolute atomic E-state index is 0.00396. The highest BCUT2D eigenvalue weighted by molar-refractivity contribution is 5.77. The van der Waals surface area contributed by atoms with Gasteiger partial charge in [0.15, 0.2) is 0 Å². The van der Waals surface area contributed by atoms with E-state index in [9.17, 15) is 4.79 Å². The van der Waals surface area contributed by atoms with E-state index >= 15 is 0 Å². The van der Waals surface area contributed by atoms with Crippen molar-refractivity contribution in [3.63, 3.8) is 0 Å². The van der Waals surface area contributed by atoms with Crippen molar-refractivity contribution in [2.75, 3.05) is 19.8 Å². The minimum atomic E-state index is 0.00396. The number of morpholine rings is 1. The largest absolute Gasteiger partial charge is 0.378 e. The number of hydrogen-bond donors (Lipinski definition) is 0. The number of fused-ring (bicyclic) bond motifs is 1. The summed E-state index contributed by atoms with van der Waals surface area (Å²) in [6, 6.07) is 11.9. The number of nitrogens with zero attached hydrogens (tertiary/aromatic N) is 4. The van der Waals surface area contributed by atoms with Gasteiger partial charge in [-0.25, -0.2) is 4.98 Å². The van der Waals surface area contributed by atoms with Gasteiger partial charge in [-0.1, -0.05) is 12.1 Å². The van der Waals surface area contributed by atoms with E-state index in [2.05, 4.69) is 15.5 Å². The first-order valence-corrected chi connectivity index (χ1v) is 8.53. The zero-order chi connectivity index (χ0) is 17.4. The van der Waals surface area contributed by atoms with Gasteiger partial charge >= 0.3 is 0 Å². The Morgan fingerprint density at radius 2 is 2.04 bits per heavy atom. The molecule has 1 aliphatic heterocycles. The normalized spacial score (nSPS) is 18.7. The maximum absolute atomic E-state index is 12.6. The summed E-state index contributed by atoms with van der Waals surface area (Å²) in [6.07, 6.45) is 2.05. The van der Waals surface area contributed by atoms with E-state index in [1.807, 2.05) is 43.6 Å². The van der Waals surface area contributed by atoms with Crippen LogP contribution in [0.1, 0.15) is 17.6 Å². The molecule has 4 rings (SSSR count). The Labute approximate surface area is 146 Å². The molecule has 0 radical (unpaired) electrons. The summed E-state index contributed by atoms with van der Waals surface area (Å²) < 4.78 is 9.50. The molecule has 0 bridgehead atoms. The second-order valence-electron chi connectivity index (χ2n) is 6.51. The van der Waals surface area contributed by atoms with E-state index in [-0.39, 0.29) is 11.6 Å². The third-order valence-electron chi connectivity index (χ3n) is 4.98. The van der Waals surface area contributed by atoms with Gasteiger partial charge in [-0.3, -0.25) is 14.3 Å². The summed E-state index contributed by atoms with van der Waals surface area (Å²) in [6.45, 7) is 2.79. The number of hydrogen-bond acceptors (Lipinski definition) is 4.